The smallest absolute Gasteiger partial charge is 0.270 e. The zero-order valence-corrected chi connectivity index (χ0v) is 14.3. The normalized spacial score (nSPS) is 10.5. The molecule has 0 aliphatic rings. The molecule has 0 saturated carbocycles. The second-order valence-corrected chi connectivity index (χ2v) is 5.51. The summed E-state index contributed by atoms with van der Waals surface area (Å²) in [4.78, 5) is 34.2. The molecule has 2 aromatic rings. The number of amides is 2. The molecule has 7 nitrogen and oxygen atoms in total. The van der Waals surface area contributed by atoms with Crippen molar-refractivity contribution < 1.29 is 14.5 Å². The molecule has 0 radical (unpaired) electrons. The van der Waals surface area contributed by atoms with Crippen molar-refractivity contribution in [3.8, 4) is 0 Å². The second kappa shape index (κ2) is 9.12. The number of nitro groups is 1. The summed E-state index contributed by atoms with van der Waals surface area (Å²) in [6.07, 6.45) is 3.60. The van der Waals surface area contributed by atoms with Crippen LogP contribution >= 0.6 is 0 Å². The Labute approximate surface area is 150 Å². The summed E-state index contributed by atoms with van der Waals surface area (Å²) in [6, 6.07) is 12.6. The number of nitro benzene ring substituents is 1. The molecule has 7 heteroatoms. The number of benzene rings is 2. The van der Waals surface area contributed by atoms with Crippen molar-refractivity contribution in [2.45, 2.75) is 13.3 Å². The number of rotatable bonds is 7. The topological polar surface area (TPSA) is 101 Å². The Morgan fingerprint density at radius 1 is 1.15 bits per heavy atom. The molecule has 0 unspecified atom stereocenters. The van der Waals surface area contributed by atoms with Crippen molar-refractivity contribution in [1.29, 1.82) is 0 Å². The highest BCUT2D eigenvalue weighted by Gasteiger charge is 2.07. The van der Waals surface area contributed by atoms with Gasteiger partial charge in [0.2, 0.25) is 5.91 Å². The minimum Gasteiger partial charge on any atom is -0.352 e. The Morgan fingerprint density at radius 3 is 2.65 bits per heavy atom. The number of nitrogens with one attached hydrogen (secondary N) is 2. The van der Waals surface area contributed by atoms with Gasteiger partial charge in [-0.25, -0.2) is 0 Å². The van der Waals surface area contributed by atoms with Crippen LogP contribution in [0.25, 0.3) is 6.08 Å². The first-order chi connectivity index (χ1) is 12.5. The summed E-state index contributed by atoms with van der Waals surface area (Å²) >= 11 is 0. The molecule has 0 fully saturated rings. The van der Waals surface area contributed by atoms with Crippen LogP contribution in [0.15, 0.2) is 54.6 Å². The van der Waals surface area contributed by atoms with Gasteiger partial charge in [0.1, 0.15) is 0 Å². The van der Waals surface area contributed by atoms with Gasteiger partial charge in [-0.1, -0.05) is 25.1 Å². The zero-order chi connectivity index (χ0) is 18.9. The average Bonchev–Trinajstić information content (AvgIpc) is 2.65. The van der Waals surface area contributed by atoms with Crippen LogP contribution in [-0.4, -0.2) is 23.3 Å². The van der Waals surface area contributed by atoms with Gasteiger partial charge >= 0.3 is 0 Å². The molecular formula is C19H19N3O4. The van der Waals surface area contributed by atoms with E-state index in [0.29, 0.717) is 23.4 Å². The molecule has 0 aliphatic heterocycles. The lowest BCUT2D eigenvalue weighted by Crippen LogP contribution is -2.24. The molecule has 0 spiro atoms. The van der Waals surface area contributed by atoms with Crippen LogP contribution in [0.1, 0.15) is 29.3 Å². The first kappa shape index (κ1) is 18.9. The molecular weight excluding hydrogens is 334 g/mol. The minimum atomic E-state index is -0.494. The fourth-order valence-corrected chi connectivity index (χ4v) is 2.18. The van der Waals surface area contributed by atoms with Crippen molar-refractivity contribution in [3.63, 3.8) is 0 Å². The maximum absolute atomic E-state index is 12.0. The summed E-state index contributed by atoms with van der Waals surface area (Å²) in [7, 11) is 0. The number of non-ortho nitro benzene ring substituents is 1. The van der Waals surface area contributed by atoms with Crippen LogP contribution in [0.5, 0.6) is 0 Å². The van der Waals surface area contributed by atoms with Gasteiger partial charge in [0, 0.05) is 36.0 Å². The zero-order valence-electron chi connectivity index (χ0n) is 14.3. The molecule has 26 heavy (non-hydrogen) atoms. The number of hydrogen-bond donors (Lipinski definition) is 2. The van der Waals surface area contributed by atoms with Gasteiger partial charge in [0.15, 0.2) is 0 Å². The molecule has 0 aromatic heterocycles. The third kappa shape index (κ3) is 5.55. The number of hydrogen-bond acceptors (Lipinski definition) is 4. The van der Waals surface area contributed by atoms with E-state index in [1.165, 1.54) is 24.3 Å². The summed E-state index contributed by atoms with van der Waals surface area (Å²) in [6.45, 7) is 2.55. The molecule has 134 valence electrons. The predicted molar refractivity (Wildman–Crippen MR) is 99.8 cm³/mol. The van der Waals surface area contributed by atoms with Crippen LogP contribution in [0, 0.1) is 10.1 Å². The Hall–Kier alpha value is -3.48. The van der Waals surface area contributed by atoms with Gasteiger partial charge in [-0.05, 0) is 36.3 Å². The van der Waals surface area contributed by atoms with Crippen molar-refractivity contribution in [2.24, 2.45) is 0 Å². The van der Waals surface area contributed by atoms with E-state index in [9.17, 15) is 19.7 Å². The first-order valence-electron chi connectivity index (χ1n) is 8.11. The van der Waals surface area contributed by atoms with Crippen molar-refractivity contribution in [3.05, 3.63) is 75.8 Å². The highest BCUT2D eigenvalue weighted by Crippen LogP contribution is 2.15. The quantitative estimate of drug-likeness (QED) is 0.452. The number of anilines is 1. The van der Waals surface area contributed by atoms with Crippen LogP contribution < -0.4 is 10.6 Å². The van der Waals surface area contributed by atoms with E-state index in [1.54, 1.807) is 36.4 Å². The largest absolute Gasteiger partial charge is 0.352 e. The monoisotopic (exact) mass is 353 g/mol. The third-order valence-electron chi connectivity index (χ3n) is 3.44. The number of nitrogens with zero attached hydrogens (tertiary/aromatic N) is 1. The Kier molecular flexibility index (Phi) is 6.61. The van der Waals surface area contributed by atoms with E-state index in [-0.39, 0.29) is 11.6 Å². The fraction of sp³-hybridized carbons (Fsp3) is 0.158. The lowest BCUT2D eigenvalue weighted by molar-refractivity contribution is -0.384. The number of carbonyl (C=O) groups excluding carboxylic acids is 2. The fourth-order valence-electron chi connectivity index (χ4n) is 2.18. The van der Waals surface area contributed by atoms with Crippen LogP contribution in [0.2, 0.25) is 0 Å². The SMILES string of the molecule is CCCNC(=O)c1cccc(NC(=O)/C=C/c2cccc([N+](=O)[O-])c2)c1. The Bertz CT molecular complexity index is 846. The molecule has 2 rings (SSSR count). The summed E-state index contributed by atoms with van der Waals surface area (Å²) in [5.74, 6) is -0.599. The van der Waals surface area contributed by atoms with Gasteiger partial charge in [-0.3, -0.25) is 19.7 Å². The van der Waals surface area contributed by atoms with Crippen molar-refractivity contribution in [1.82, 2.24) is 5.32 Å². The third-order valence-corrected chi connectivity index (χ3v) is 3.44. The molecule has 2 N–H and O–H groups in total. The average molecular weight is 353 g/mol. The molecule has 0 aliphatic carbocycles. The van der Waals surface area contributed by atoms with Gasteiger partial charge in [0.25, 0.3) is 11.6 Å². The van der Waals surface area contributed by atoms with Crippen molar-refractivity contribution in [2.75, 3.05) is 11.9 Å². The highest BCUT2D eigenvalue weighted by atomic mass is 16.6. The lowest BCUT2D eigenvalue weighted by Gasteiger charge is -2.06. The lowest BCUT2D eigenvalue weighted by atomic mass is 10.1. The van der Waals surface area contributed by atoms with E-state index in [4.69, 9.17) is 0 Å². The van der Waals surface area contributed by atoms with E-state index < -0.39 is 10.8 Å². The van der Waals surface area contributed by atoms with E-state index >= 15 is 0 Å². The van der Waals surface area contributed by atoms with E-state index in [1.807, 2.05) is 6.92 Å². The molecule has 0 atom stereocenters. The predicted octanol–water partition coefficient (Wildman–Crippen LogP) is 3.39. The van der Waals surface area contributed by atoms with Crippen LogP contribution in [-0.2, 0) is 4.79 Å². The molecule has 0 bridgehead atoms. The molecule has 0 saturated heterocycles. The minimum absolute atomic E-state index is 0.0432. The van der Waals surface area contributed by atoms with Gasteiger partial charge in [-0.15, -0.1) is 0 Å². The Balaban J connectivity index is 2.02. The summed E-state index contributed by atoms with van der Waals surface area (Å²) < 4.78 is 0. The van der Waals surface area contributed by atoms with Crippen molar-refractivity contribution >= 4 is 29.3 Å². The molecule has 2 aromatic carbocycles. The number of carbonyl (C=O) groups is 2. The standard InChI is InChI=1S/C19H19N3O4/c1-2-11-20-19(24)15-6-4-7-16(13-15)21-18(23)10-9-14-5-3-8-17(12-14)22(25)26/h3-10,12-13H,2,11H2,1H3,(H,20,24)(H,21,23)/b10-9+. The van der Waals surface area contributed by atoms with E-state index in [0.717, 1.165) is 6.42 Å². The maximum atomic E-state index is 12.0. The second-order valence-electron chi connectivity index (χ2n) is 5.51. The van der Waals surface area contributed by atoms with Gasteiger partial charge < -0.3 is 10.6 Å². The highest BCUT2D eigenvalue weighted by molar-refractivity contribution is 6.03. The Morgan fingerprint density at radius 2 is 1.92 bits per heavy atom. The van der Waals surface area contributed by atoms with Gasteiger partial charge in [0.05, 0.1) is 4.92 Å². The van der Waals surface area contributed by atoms with Crippen LogP contribution in [0.3, 0.4) is 0 Å². The van der Waals surface area contributed by atoms with E-state index in [2.05, 4.69) is 10.6 Å². The summed E-state index contributed by atoms with van der Waals surface area (Å²) in [5.41, 5.74) is 1.45. The summed E-state index contributed by atoms with van der Waals surface area (Å²) in [5, 5.41) is 16.2. The van der Waals surface area contributed by atoms with Gasteiger partial charge in [-0.2, -0.15) is 0 Å². The molecule has 0 heterocycles. The maximum Gasteiger partial charge on any atom is 0.270 e. The molecule has 2 amide bonds. The first-order valence-corrected chi connectivity index (χ1v) is 8.11. The van der Waals surface area contributed by atoms with Crippen LogP contribution in [0.4, 0.5) is 11.4 Å².